The van der Waals surface area contributed by atoms with Crippen molar-refractivity contribution in [2.75, 3.05) is 13.1 Å². The molecular weight excluding hydrogens is 190 g/mol. The average molecular weight is 213 g/mol. The van der Waals surface area contributed by atoms with Crippen LogP contribution in [0.2, 0.25) is 0 Å². The first kappa shape index (κ1) is 12.5. The molecule has 0 aromatic heterocycles. The SMILES string of the molecule is CC(C)(C)N(CC(=O)O)CC1CCCC1. The van der Waals surface area contributed by atoms with Crippen molar-refractivity contribution < 1.29 is 9.90 Å². The van der Waals surface area contributed by atoms with E-state index in [0.717, 1.165) is 6.54 Å². The Labute approximate surface area is 92.5 Å². The summed E-state index contributed by atoms with van der Waals surface area (Å²) in [6.07, 6.45) is 5.17. The fourth-order valence-electron chi connectivity index (χ4n) is 2.24. The van der Waals surface area contributed by atoms with Gasteiger partial charge in [-0.05, 0) is 39.5 Å². The molecule has 0 atom stereocenters. The number of hydrogen-bond acceptors (Lipinski definition) is 2. The predicted molar refractivity (Wildman–Crippen MR) is 60.9 cm³/mol. The zero-order valence-electron chi connectivity index (χ0n) is 10.1. The Balaban J connectivity index is 2.51. The number of hydrogen-bond donors (Lipinski definition) is 1. The van der Waals surface area contributed by atoms with Gasteiger partial charge in [0.1, 0.15) is 0 Å². The standard InChI is InChI=1S/C12H23NO2/c1-12(2,3)13(9-11(14)15)8-10-6-4-5-7-10/h10H,4-9H2,1-3H3,(H,14,15). The zero-order valence-corrected chi connectivity index (χ0v) is 10.1. The molecule has 0 saturated heterocycles. The van der Waals surface area contributed by atoms with Gasteiger partial charge in [-0.3, -0.25) is 9.69 Å². The van der Waals surface area contributed by atoms with Crippen LogP contribution in [0.15, 0.2) is 0 Å². The topological polar surface area (TPSA) is 40.5 Å². The van der Waals surface area contributed by atoms with Crippen molar-refractivity contribution in [3.63, 3.8) is 0 Å². The first-order chi connectivity index (χ1) is 6.89. The lowest BCUT2D eigenvalue weighted by Gasteiger charge is -2.36. The summed E-state index contributed by atoms with van der Waals surface area (Å²) in [5.74, 6) is -0.00787. The van der Waals surface area contributed by atoms with Gasteiger partial charge in [0.05, 0.1) is 6.54 Å². The van der Waals surface area contributed by atoms with E-state index in [0.29, 0.717) is 5.92 Å². The summed E-state index contributed by atoms with van der Waals surface area (Å²) in [6, 6.07) is 0. The summed E-state index contributed by atoms with van der Waals surface area (Å²) < 4.78 is 0. The summed E-state index contributed by atoms with van der Waals surface area (Å²) in [5, 5.41) is 8.88. The Kier molecular flexibility index (Phi) is 4.14. The summed E-state index contributed by atoms with van der Waals surface area (Å²) in [4.78, 5) is 12.9. The molecule has 0 aromatic rings. The van der Waals surface area contributed by atoms with E-state index < -0.39 is 5.97 Å². The lowest BCUT2D eigenvalue weighted by Crippen LogP contribution is -2.46. The van der Waals surface area contributed by atoms with E-state index in [9.17, 15) is 4.79 Å². The van der Waals surface area contributed by atoms with E-state index in [4.69, 9.17) is 5.11 Å². The lowest BCUT2D eigenvalue weighted by molar-refractivity contribution is -0.139. The average Bonchev–Trinajstić information content (AvgIpc) is 2.53. The summed E-state index contributed by atoms with van der Waals surface area (Å²) in [6.45, 7) is 7.37. The first-order valence-electron chi connectivity index (χ1n) is 5.86. The molecule has 1 aliphatic rings. The van der Waals surface area contributed by atoms with Crippen LogP contribution in [0.3, 0.4) is 0 Å². The molecule has 0 unspecified atom stereocenters. The normalized spacial score (nSPS) is 18.7. The monoisotopic (exact) mass is 213 g/mol. The van der Waals surface area contributed by atoms with Gasteiger partial charge in [-0.2, -0.15) is 0 Å². The molecule has 1 aliphatic carbocycles. The predicted octanol–water partition coefficient (Wildman–Crippen LogP) is 2.36. The number of carboxylic acids is 1. The van der Waals surface area contributed by atoms with Crippen LogP contribution >= 0.6 is 0 Å². The molecule has 0 amide bonds. The Hall–Kier alpha value is -0.570. The van der Waals surface area contributed by atoms with Crippen molar-refractivity contribution in [2.45, 2.75) is 52.0 Å². The first-order valence-corrected chi connectivity index (χ1v) is 5.86. The van der Waals surface area contributed by atoms with Gasteiger partial charge in [-0.15, -0.1) is 0 Å². The lowest BCUT2D eigenvalue weighted by atomic mass is 10.0. The number of carbonyl (C=O) groups is 1. The molecule has 3 nitrogen and oxygen atoms in total. The second-order valence-corrected chi connectivity index (χ2v) is 5.60. The van der Waals surface area contributed by atoms with Gasteiger partial charge in [0.2, 0.25) is 0 Å². The van der Waals surface area contributed by atoms with Gasteiger partial charge >= 0.3 is 5.97 Å². The van der Waals surface area contributed by atoms with Crippen molar-refractivity contribution in [3.05, 3.63) is 0 Å². The zero-order chi connectivity index (χ0) is 11.5. The van der Waals surface area contributed by atoms with Crippen LogP contribution in [0.5, 0.6) is 0 Å². The molecule has 0 aliphatic heterocycles. The van der Waals surface area contributed by atoms with Crippen LogP contribution in [-0.4, -0.2) is 34.6 Å². The molecule has 1 saturated carbocycles. The van der Waals surface area contributed by atoms with Crippen molar-refractivity contribution in [2.24, 2.45) is 5.92 Å². The van der Waals surface area contributed by atoms with Gasteiger partial charge in [0, 0.05) is 12.1 Å². The Morgan fingerprint density at radius 1 is 1.33 bits per heavy atom. The smallest absolute Gasteiger partial charge is 0.317 e. The van der Waals surface area contributed by atoms with Crippen molar-refractivity contribution in [1.29, 1.82) is 0 Å². The van der Waals surface area contributed by atoms with Crippen molar-refractivity contribution in [3.8, 4) is 0 Å². The van der Waals surface area contributed by atoms with Crippen molar-refractivity contribution in [1.82, 2.24) is 4.90 Å². The van der Waals surface area contributed by atoms with Crippen molar-refractivity contribution >= 4 is 5.97 Å². The Bertz CT molecular complexity index is 214. The van der Waals surface area contributed by atoms with Crippen LogP contribution in [0.1, 0.15) is 46.5 Å². The molecule has 0 bridgehead atoms. The summed E-state index contributed by atoms with van der Waals surface area (Å²) in [5.41, 5.74) is -0.0407. The third kappa shape index (κ3) is 4.20. The van der Waals surface area contributed by atoms with Crippen LogP contribution in [0.25, 0.3) is 0 Å². The van der Waals surface area contributed by atoms with Gasteiger partial charge in [0.25, 0.3) is 0 Å². The highest BCUT2D eigenvalue weighted by Gasteiger charge is 2.27. The Morgan fingerprint density at radius 2 is 1.87 bits per heavy atom. The highest BCUT2D eigenvalue weighted by molar-refractivity contribution is 5.69. The molecule has 1 rings (SSSR count). The maximum absolute atomic E-state index is 10.8. The molecule has 1 N–H and O–H groups in total. The highest BCUT2D eigenvalue weighted by Crippen LogP contribution is 2.27. The second-order valence-electron chi connectivity index (χ2n) is 5.60. The largest absolute Gasteiger partial charge is 0.480 e. The molecule has 0 radical (unpaired) electrons. The third-order valence-electron chi connectivity index (χ3n) is 3.23. The number of aliphatic carboxylic acids is 1. The molecule has 88 valence electrons. The van der Waals surface area contributed by atoms with E-state index in [2.05, 4.69) is 25.7 Å². The van der Waals surface area contributed by atoms with E-state index in [-0.39, 0.29) is 12.1 Å². The van der Waals surface area contributed by atoms with E-state index in [1.54, 1.807) is 0 Å². The van der Waals surface area contributed by atoms with Crippen LogP contribution in [-0.2, 0) is 4.79 Å². The molecule has 0 spiro atoms. The summed E-state index contributed by atoms with van der Waals surface area (Å²) in [7, 11) is 0. The van der Waals surface area contributed by atoms with Gasteiger partial charge in [0.15, 0.2) is 0 Å². The van der Waals surface area contributed by atoms with Crippen LogP contribution in [0.4, 0.5) is 0 Å². The maximum Gasteiger partial charge on any atom is 0.317 e. The van der Waals surface area contributed by atoms with E-state index >= 15 is 0 Å². The Morgan fingerprint density at radius 3 is 2.27 bits per heavy atom. The molecule has 3 heteroatoms. The third-order valence-corrected chi connectivity index (χ3v) is 3.23. The fraction of sp³-hybridized carbons (Fsp3) is 0.917. The van der Waals surface area contributed by atoms with Crippen LogP contribution < -0.4 is 0 Å². The van der Waals surface area contributed by atoms with E-state index in [1.807, 2.05) is 0 Å². The van der Waals surface area contributed by atoms with Gasteiger partial charge < -0.3 is 5.11 Å². The minimum Gasteiger partial charge on any atom is -0.480 e. The van der Waals surface area contributed by atoms with Gasteiger partial charge in [-0.1, -0.05) is 12.8 Å². The minimum absolute atomic E-state index is 0.0407. The van der Waals surface area contributed by atoms with Gasteiger partial charge in [-0.25, -0.2) is 0 Å². The summed E-state index contributed by atoms with van der Waals surface area (Å²) >= 11 is 0. The minimum atomic E-state index is -0.720. The molecule has 15 heavy (non-hydrogen) atoms. The maximum atomic E-state index is 10.8. The molecule has 1 fully saturated rings. The number of carboxylic acid groups (broad SMARTS) is 1. The fourth-order valence-corrected chi connectivity index (χ4v) is 2.24. The van der Waals surface area contributed by atoms with Crippen LogP contribution in [0, 0.1) is 5.92 Å². The highest BCUT2D eigenvalue weighted by atomic mass is 16.4. The molecule has 0 aromatic carbocycles. The molecule has 0 heterocycles. The number of rotatable bonds is 4. The van der Waals surface area contributed by atoms with E-state index in [1.165, 1.54) is 25.7 Å². The number of nitrogens with zero attached hydrogens (tertiary/aromatic N) is 1. The molecular formula is C12H23NO2. The second kappa shape index (κ2) is 4.97. The quantitative estimate of drug-likeness (QED) is 0.779.